The third-order valence-corrected chi connectivity index (χ3v) is 5.05. The van der Waals surface area contributed by atoms with Gasteiger partial charge in [0.2, 0.25) is 0 Å². The number of amides is 1. The van der Waals surface area contributed by atoms with Gasteiger partial charge in [-0.05, 0) is 35.9 Å². The summed E-state index contributed by atoms with van der Waals surface area (Å²) in [4.78, 5) is 21.6. The number of nitrogens with one attached hydrogen (secondary N) is 1. The highest BCUT2D eigenvalue weighted by Crippen LogP contribution is 2.32. The molecule has 3 aromatic rings. The summed E-state index contributed by atoms with van der Waals surface area (Å²) in [6.45, 7) is 0. The van der Waals surface area contributed by atoms with Crippen molar-refractivity contribution in [2.24, 2.45) is 0 Å². The normalized spacial score (nSPS) is 15.5. The molecule has 1 N–H and O–H groups in total. The lowest BCUT2D eigenvalue weighted by Gasteiger charge is -2.10. The van der Waals surface area contributed by atoms with Crippen LogP contribution in [0.2, 0.25) is 0 Å². The van der Waals surface area contributed by atoms with E-state index in [1.165, 1.54) is 11.8 Å². The summed E-state index contributed by atoms with van der Waals surface area (Å²) in [6, 6.07) is 13.4. The number of ether oxygens (including phenoxy) is 1. The highest BCUT2D eigenvalue weighted by atomic mass is 32.2. The van der Waals surface area contributed by atoms with Crippen LogP contribution < -0.4 is 10.1 Å². The number of thiocarbonyl (C=S) groups is 1. The Morgan fingerprint density at radius 3 is 2.73 bits per heavy atom. The molecule has 26 heavy (non-hydrogen) atoms. The van der Waals surface area contributed by atoms with E-state index in [0.717, 1.165) is 22.2 Å². The van der Waals surface area contributed by atoms with E-state index in [1.807, 2.05) is 42.5 Å². The first kappa shape index (κ1) is 16.7. The van der Waals surface area contributed by atoms with E-state index in [0.29, 0.717) is 20.7 Å². The third kappa shape index (κ3) is 3.18. The molecule has 0 aliphatic carbocycles. The summed E-state index contributed by atoms with van der Waals surface area (Å²) >= 11 is 6.28. The summed E-state index contributed by atoms with van der Waals surface area (Å²) in [5.41, 5.74) is 4.02. The highest BCUT2D eigenvalue weighted by molar-refractivity contribution is 8.26. The number of rotatable bonds is 3. The first-order chi connectivity index (χ1) is 12.6. The summed E-state index contributed by atoms with van der Waals surface area (Å²) in [6.07, 6.45) is 3.53. The molecule has 0 unspecified atom stereocenters. The van der Waals surface area contributed by atoms with Crippen molar-refractivity contribution in [1.29, 1.82) is 0 Å². The summed E-state index contributed by atoms with van der Waals surface area (Å²) < 4.78 is 5.95. The van der Waals surface area contributed by atoms with Crippen molar-refractivity contribution in [3.8, 4) is 17.0 Å². The highest BCUT2D eigenvalue weighted by Gasteiger charge is 2.22. The largest absolute Gasteiger partial charge is 0.496 e. The van der Waals surface area contributed by atoms with E-state index in [1.54, 1.807) is 19.4 Å². The van der Waals surface area contributed by atoms with Gasteiger partial charge in [0, 0.05) is 5.56 Å². The number of thioether (sulfide) groups is 1. The fourth-order valence-electron chi connectivity index (χ4n) is 2.67. The number of benzene rings is 2. The van der Waals surface area contributed by atoms with Crippen LogP contribution >= 0.6 is 24.0 Å². The molecule has 2 aromatic carbocycles. The maximum absolute atomic E-state index is 11.9. The first-order valence-electron chi connectivity index (χ1n) is 7.79. The fraction of sp³-hybridized carbons (Fsp3) is 0.0526. The van der Waals surface area contributed by atoms with Crippen molar-refractivity contribution in [2.75, 3.05) is 7.11 Å². The minimum atomic E-state index is -0.178. The van der Waals surface area contributed by atoms with Crippen LogP contribution in [-0.4, -0.2) is 27.3 Å². The lowest BCUT2D eigenvalue weighted by Crippen LogP contribution is -2.17. The Hall–Kier alpha value is -2.77. The zero-order valence-electron chi connectivity index (χ0n) is 13.7. The van der Waals surface area contributed by atoms with Crippen LogP contribution in [0.4, 0.5) is 0 Å². The Balaban J connectivity index is 1.80. The molecule has 1 aliphatic rings. The first-order valence-corrected chi connectivity index (χ1v) is 9.01. The van der Waals surface area contributed by atoms with Crippen molar-refractivity contribution in [3.05, 3.63) is 59.1 Å². The smallest absolute Gasteiger partial charge is 0.263 e. The van der Waals surface area contributed by atoms with Crippen molar-refractivity contribution >= 4 is 51.3 Å². The molecular formula is C19H13N3O2S2. The molecule has 7 heteroatoms. The van der Waals surface area contributed by atoms with Gasteiger partial charge in [-0.15, -0.1) is 0 Å². The molecule has 4 rings (SSSR count). The fourth-order valence-corrected chi connectivity index (χ4v) is 3.72. The molecule has 0 atom stereocenters. The van der Waals surface area contributed by atoms with Gasteiger partial charge in [-0.25, -0.2) is 4.98 Å². The molecule has 1 amide bonds. The number of nitrogens with zero attached hydrogens (tertiary/aromatic N) is 2. The van der Waals surface area contributed by atoms with Crippen LogP contribution in [0, 0.1) is 0 Å². The maximum atomic E-state index is 11.9. The molecule has 5 nitrogen and oxygen atoms in total. The minimum absolute atomic E-state index is 0.178. The second-order valence-corrected chi connectivity index (χ2v) is 7.27. The van der Waals surface area contributed by atoms with Crippen LogP contribution in [0.15, 0.2) is 53.6 Å². The van der Waals surface area contributed by atoms with Crippen LogP contribution in [0.1, 0.15) is 5.56 Å². The Bertz CT molecular complexity index is 1080. The molecule has 128 valence electrons. The van der Waals surface area contributed by atoms with Gasteiger partial charge >= 0.3 is 0 Å². The van der Waals surface area contributed by atoms with Crippen LogP contribution in [-0.2, 0) is 4.79 Å². The van der Waals surface area contributed by atoms with E-state index >= 15 is 0 Å². The lowest BCUT2D eigenvalue weighted by atomic mass is 10.1. The van der Waals surface area contributed by atoms with E-state index in [4.69, 9.17) is 17.0 Å². The Morgan fingerprint density at radius 2 is 2.00 bits per heavy atom. The van der Waals surface area contributed by atoms with Crippen molar-refractivity contribution < 1.29 is 9.53 Å². The van der Waals surface area contributed by atoms with Gasteiger partial charge in [-0.3, -0.25) is 9.78 Å². The number of carbonyl (C=O) groups is 1. The number of hydrogen-bond acceptors (Lipinski definition) is 6. The van der Waals surface area contributed by atoms with Crippen LogP contribution in [0.5, 0.6) is 5.75 Å². The average molecular weight is 379 g/mol. The monoisotopic (exact) mass is 379 g/mol. The van der Waals surface area contributed by atoms with Gasteiger partial charge in [-0.1, -0.05) is 42.2 Å². The van der Waals surface area contributed by atoms with Crippen molar-refractivity contribution in [3.63, 3.8) is 0 Å². The molecule has 2 heterocycles. The molecule has 0 bridgehead atoms. The van der Waals surface area contributed by atoms with E-state index < -0.39 is 0 Å². The predicted octanol–water partition coefficient (Wildman–Crippen LogP) is 3.79. The van der Waals surface area contributed by atoms with Gasteiger partial charge in [0.05, 0.1) is 34.9 Å². The zero-order valence-corrected chi connectivity index (χ0v) is 15.4. The Morgan fingerprint density at radius 1 is 1.19 bits per heavy atom. The predicted molar refractivity (Wildman–Crippen MR) is 108 cm³/mol. The van der Waals surface area contributed by atoms with Gasteiger partial charge in [0.15, 0.2) is 0 Å². The molecule has 1 aromatic heterocycles. The lowest BCUT2D eigenvalue weighted by molar-refractivity contribution is -0.115. The van der Waals surface area contributed by atoms with Gasteiger partial charge in [0.1, 0.15) is 10.1 Å². The summed E-state index contributed by atoms with van der Waals surface area (Å²) in [5.74, 6) is 0.513. The van der Waals surface area contributed by atoms with Gasteiger partial charge in [-0.2, -0.15) is 0 Å². The summed E-state index contributed by atoms with van der Waals surface area (Å²) in [5, 5.41) is 2.62. The van der Waals surface area contributed by atoms with Crippen molar-refractivity contribution in [1.82, 2.24) is 15.3 Å². The van der Waals surface area contributed by atoms with Crippen LogP contribution in [0.25, 0.3) is 28.4 Å². The zero-order chi connectivity index (χ0) is 18.1. The molecule has 0 saturated carbocycles. The average Bonchev–Trinajstić information content (AvgIpc) is 2.98. The third-order valence-electron chi connectivity index (χ3n) is 3.89. The number of methoxy groups -OCH3 is 1. The molecule has 1 saturated heterocycles. The standard InChI is InChI=1S/C19H13N3O2S2/c1-24-16-7-6-11(9-17-18(23)22-19(25)26-17)8-12(16)15-10-20-13-4-2-3-5-14(13)21-15/h2-10H,1H3,(H,22,23,25). The van der Waals surface area contributed by atoms with E-state index in [-0.39, 0.29) is 5.91 Å². The molecular weight excluding hydrogens is 366 g/mol. The number of aromatic nitrogens is 2. The number of para-hydroxylation sites is 2. The van der Waals surface area contributed by atoms with E-state index in [2.05, 4.69) is 15.3 Å². The Labute approximate surface area is 159 Å². The van der Waals surface area contributed by atoms with Gasteiger partial charge in [0.25, 0.3) is 5.91 Å². The second-order valence-electron chi connectivity index (χ2n) is 5.56. The van der Waals surface area contributed by atoms with Crippen LogP contribution in [0.3, 0.4) is 0 Å². The molecule has 0 radical (unpaired) electrons. The molecule has 1 fully saturated rings. The van der Waals surface area contributed by atoms with Gasteiger partial charge < -0.3 is 10.1 Å². The van der Waals surface area contributed by atoms with Crippen molar-refractivity contribution in [2.45, 2.75) is 0 Å². The number of carbonyl (C=O) groups excluding carboxylic acids is 1. The molecule has 1 aliphatic heterocycles. The second kappa shape index (κ2) is 6.86. The topological polar surface area (TPSA) is 64.1 Å². The quantitative estimate of drug-likeness (QED) is 0.552. The minimum Gasteiger partial charge on any atom is -0.496 e. The maximum Gasteiger partial charge on any atom is 0.263 e. The summed E-state index contributed by atoms with van der Waals surface area (Å²) in [7, 11) is 1.62. The number of hydrogen-bond donors (Lipinski definition) is 1. The number of fused-ring (bicyclic) bond motifs is 1. The Kier molecular flexibility index (Phi) is 4.40. The SMILES string of the molecule is COc1ccc(C=C2SC(=S)NC2=O)cc1-c1cnc2ccccc2n1. The van der Waals surface area contributed by atoms with E-state index in [9.17, 15) is 4.79 Å². The molecule has 0 spiro atoms.